The maximum Gasteiger partial charge on any atom is 0.223 e. The number of fused-ring (bicyclic) bond motifs is 1. The fraction of sp³-hybridized carbons (Fsp3) is 0.722. The molecule has 5 heteroatoms. The van der Waals surface area contributed by atoms with Crippen molar-refractivity contribution >= 4 is 5.91 Å². The zero-order valence-electron chi connectivity index (χ0n) is 14.6. The van der Waals surface area contributed by atoms with E-state index in [0.29, 0.717) is 18.9 Å². The van der Waals surface area contributed by atoms with Crippen LogP contribution in [-0.2, 0) is 17.8 Å². The summed E-state index contributed by atoms with van der Waals surface area (Å²) < 4.78 is 0. The molecule has 23 heavy (non-hydrogen) atoms. The quantitative estimate of drug-likeness (QED) is 0.909. The molecule has 1 amide bonds. The minimum absolute atomic E-state index is 0.0334. The van der Waals surface area contributed by atoms with Crippen LogP contribution in [0.3, 0.4) is 0 Å². The van der Waals surface area contributed by atoms with Crippen molar-refractivity contribution < 1.29 is 4.79 Å². The number of carbonyl (C=O) groups excluding carboxylic acids is 1. The lowest BCUT2D eigenvalue weighted by Crippen LogP contribution is -2.38. The Labute approximate surface area is 138 Å². The summed E-state index contributed by atoms with van der Waals surface area (Å²) in [6.45, 7) is 9.85. The molecule has 0 unspecified atom stereocenters. The lowest BCUT2D eigenvalue weighted by Gasteiger charge is -2.31. The van der Waals surface area contributed by atoms with Crippen molar-refractivity contribution in [3.63, 3.8) is 0 Å². The second kappa shape index (κ2) is 6.56. The SMILES string of the molecule is CC(C)(C)CC(=O)N1CCc2nc([C@@H]3CCCNC3)ncc2C1. The molecular formula is C18H28N4O. The molecule has 2 aliphatic rings. The molecule has 5 nitrogen and oxygen atoms in total. The summed E-state index contributed by atoms with van der Waals surface area (Å²) in [6, 6.07) is 0. The molecule has 1 aromatic rings. The molecule has 126 valence electrons. The number of hydrogen-bond donors (Lipinski definition) is 1. The van der Waals surface area contributed by atoms with Crippen molar-refractivity contribution in [2.24, 2.45) is 5.41 Å². The predicted molar refractivity (Wildman–Crippen MR) is 90.1 cm³/mol. The van der Waals surface area contributed by atoms with Crippen LogP contribution in [0.1, 0.15) is 63.0 Å². The number of aromatic nitrogens is 2. The van der Waals surface area contributed by atoms with Gasteiger partial charge < -0.3 is 10.2 Å². The molecule has 1 fully saturated rings. The third-order valence-electron chi connectivity index (χ3n) is 4.65. The van der Waals surface area contributed by atoms with E-state index in [1.165, 1.54) is 12.8 Å². The Hall–Kier alpha value is -1.49. The molecule has 0 spiro atoms. The minimum Gasteiger partial charge on any atom is -0.338 e. The van der Waals surface area contributed by atoms with Gasteiger partial charge in [0.15, 0.2) is 0 Å². The van der Waals surface area contributed by atoms with Gasteiger partial charge in [-0.3, -0.25) is 4.79 Å². The van der Waals surface area contributed by atoms with Gasteiger partial charge in [0.2, 0.25) is 5.91 Å². The van der Waals surface area contributed by atoms with Crippen molar-refractivity contribution in [2.45, 2.75) is 58.9 Å². The molecule has 0 aromatic carbocycles. The Kier molecular flexibility index (Phi) is 4.67. The highest BCUT2D eigenvalue weighted by molar-refractivity contribution is 5.77. The summed E-state index contributed by atoms with van der Waals surface area (Å²) in [6.07, 6.45) is 5.75. The first kappa shape index (κ1) is 16.4. The summed E-state index contributed by atoms with van der Waals surface area (Å²) in [5.74, 6) is 1.66. The molecular weight excluding hydrogens is 288 g/mol. The van der Waals surface area contributed by atoms with Gasteiger partial charge in [-0.25, -0.2) is 9.97 Å². The van der Waals surface area contributed by atoms with Gasteiger partial charge in [-0.2, -0.15) is 0 Å². The molecule has 3 rings (SSSR count). The van der Waals surface area contributed by atoms with Crippen LogP contribution in [0.2, 0.25) is 0 Å². The van der Waals surface area contributed by atoms with E-state index in [1.807, 2.05) is 11.1 Å². The Bertz CT molecular complexity index is 573. The van der Waals surface area contributed by atoms with Gasteiger partial charge in [0.1, 0.15) is 5.82 Å². The normalized spacial score (nSPS) is 21.9. The first-order chi connectivity index (χ1) is 10.9. The Morgan fingerprint density at radius 3 is 2.96 bits per heavy atom. The van der Waals surface area contributed by atoms with E-state index in [1.54, 1.807) is 0 Å². The summed E-state index contributed by atoms with van der Waals surface area (Å²) in [7, 11) is 0. The number of amides is 1. The number of nitrogens with zero attached hydrogens (tertiary/aromatic N) is 3. The maximum absolute atomic E-state index is 12.4. The summed E-state index contributed by atoms with van der Waals surface area (Å²) in [5.41, 5.74) is 2.29. The smallest absolute Gasteiger partial charge is 0.223 e. The first-order valence-corrected chi connectivity index (χ1v) is 8.75. The van der Waals surface area contributed by atoms with Gasteiger partial charge in [0.05, 0.1) is 5.69 Å². The molecule has 0 saturated carbocycles. The number of rotatable bonds is 2. The topological polar surface area (TPSA) is 58.1 Å². The Balaban J connectivity index is 1.69. The predicted octanol–water partition coefficient (Wildman–Crippen LogP) is 2.26. The average molecular weight is 316 g/mol. The van der Waals surface area contributed by atoms with E-state index in [-0.39, 0.29) is 11.3 Å². The zero-order chi connectivity index (χ0) is 16.4. The summed E-state index contributed by atoms with van der Waals surface area (Å²) in [5, 5.41) is 3.42. The molecule has 1 aromatic heterocycles. The number of nitrogens with one attached hydrogen (secondary N) is 1. The van der Waals surface area contributed by atoms with E-state index < -0.39 is 0 Å². The van der Waals surface area contributed by atoms with Crippen LogP contribution in [0.4, 0.5) is 0 Å². The van der Waals surface area contributed by atoms with Crippen molar-refractivity contribution in [3.8, 4) is 0 Å². The maximum atomic E-state index is 12.4. The van der Waals surface area contributed by atoms with E-state index in [4.69, 9.17) is 4.98 Å². The standard InChI is InChI=1S/C18H28N4O/c1-18(2,3)9-16(23)22-8-6-15-14(12-22)11-20-17(21-15)13-5-4-7-19-10-13/h11,13,19H,4-10,12H2,1-3H3/t13-/m1/s1. The largest absolute Gasteiger partial charge is 0.338 e. The molecule has 0 aliphatic carbocycles. The van der Waals surface area contributed by atoms with Crippen LogP contribution in [-0.4, -0.2) is 40.4 Å². The van der Waals surface area contributed by atoms with Crippen molar-refractivity contribution in [2.75, 3.05) is 19.6 Å². The van der Waals surface area contributed by atoms with Gasteiger partial charge in [0.25, 0.3) is 0 Å². The van der Waals surface area contributed by atoms with Crippen LogP contribution in [0, 0.1) is 5.41 Å². The van der Waals surface area contributed by atoms with E-state index in [0.717, 1.165) is 43.1 Å². The molecule has 2 aliphatic heterocycles. The zero-order valence-corrected chi connectivity index (χ0v) is 14.6. The lowest BCUT2D eigenvalue weighted by molar-refractivity contribution is -0.134. The fourth-order valence-corrected chi connectivity index (χ4v) is 3.38. The van der Waals surface area contributed by atoms with E-state index >= 15 is 0 Å². The van der Waals surface area contributed by atoms with Crippen LogP contribution in [0.15, 0.2) is 6.20 Å². The van der Waals surface area contributed by atoms with Crippen molar-refractivity contribution in [1.29, 1.82) is 0 Å². The van der Waals surface area contributed by atoms with Crippen LogP contribution < -0.4 is 5.32 Å². The van der Waals surface area contributed by atoms with E-state index in [2.05, 4.69) is 31.1 Å². The van der Waals surface area contributed by atoms with Crippen LogP contribution in [0.5, 0.6) is 0 Å². The van der Waals surface area contributed by atoms with Gasteiger partial charge in [-0.15, -0.1) is 0 Å². The third-order valence-corrected chi connectivity index (χ3v) is 4.65. The number of piperidine rings is 1. The monoisotopic (exact) mass is 316 g/mol. The van der Waals surface area contributed by atoms with Gasteiger partial charge in [-0.05, 0) is 24.8 Å². The number of carbonyl (C=O) groups is 1. The summed E-state index contributed by atoms with van der Waals surface area (Å²) >= 11 is 0. The highest BCUT2D eigenvalue weighted by Crippen LogP contribution is 2.25. The Morgan fingerprint density at radius 1 is 1.43 bits per heavy atom. The average Bonchev–Trinajstić information content (AvgIpc) is 2.53. The molecule has 3 heterocycles. The van der Waals surface area contributed by atoms with Crippen molar-refractivity contribution in [3.05, 3.63) is 23.3 Å². The highest BCUT2D eigenvalue weighted by Gasteiger charge is 2.26. The van der Waals surface area contributed by atoms with Gasteiger partial charge >= 0.3 is 0 Å². The summed E-state index contributed by atoms with van der Waals surface area (Å²) in [4.78, 5) is 23.8. The van der Waals surface area contributed by atoms with Crippen LogP contribution in [0.25, 0.3) is 0 Å². The van der Waals surface area contributed by atoms with Crippen molar-refractivity contribution in [1.82, 2.24) is 20.2 Å². The second-order valence-corrected chi connectivity index (χ2v) is 8.05. The molecule has 0 bridgehead atoms. The molecule has 1 N–H and O–H groups in total. The lowest BCUT2D eigenvalue weighted by atomic mass is 9.91. The highest BCUT2D eigenvalue weighted by atomic mass is 16.2. The first-order valence-electron chi connectivity index (χ1n) is 8.75. The Morgan fingerprint density at radius 2 is 2.26 bits per heavy atom. The molecule has 0 radical (unpaired) electrons. The van der Waals surface area contributed by atoms with Crippen LogP contribution >= 0.6 is 0 Å². The van der Waals surface area contributed by atoms with Gasteiger partial charge in [-0.1, -0.05) is 20.8 Å². The van der Waals surface area contributed by atoms with E-state index in [9.17, 15) is 4.79 Å². The van der Waals surface area contributed by atoms with Gasteiger partial charge in [0, 0.05) is 50.2 Å². The fourth-order valence-electron chi connectivity index (χ4n) is 3.38. The molecule has 1 saturated heterocycles. The number of hydrogen-bond acceptors (Lipinski definition) is 4. The third kappa shape index (κ3) is 4.08. The second-order valence-electron chi connectivity index (χ2n) is 8.05. The molecule has 1 atom stereocenters. The minimum atomic E-state index is 0.0334.